The van der Waals surface area contributed by atoms with Gasteiger partial charge in [-0.3, -0.25) is 4.79 Å². The molecule has 0 N–H and O–H groups in total. The quantitative estimate of drug-likeness (QED) is 0.557. The highest BCUT2D eigenvalue weighted by molar-refractivity contribution is 7.98. The predicted octanol–water partition coefficient (Wildman–Crippen LogP) is 3.36. The van der Waals surface area contributed by atoms with Crippen LogP contribution in [0.1, 0.15) is 17.5 Å². The SMILES string of the molecule is CSc1ccc2cc(C(C)=O)oc2c1. The van der Waals surface area contributed by atoms with Crippen molar-refractivity contribution >= 4 is 28.5 Å². The number of furan rings is 1. The highest BCUT2D eigenvalue weighted by Crippen LogP contribution is 2.24. The molecule has 0 unspecified atom stereocenters. The number of hydrogen-bond donors (Lipinski definition) is 0. The van der Waals surface area contributed by atoms with E-state index in [1.54, 1.807) is 17.8 Å². The van der Waals surface area contributed by atoms with E-state index in [9.17, 15) is 4.79 Å². The van der Waals surface area contributed by atoms with E-state index >= 15 is 0 Å². The molecule has 1 aromatic heterocycles. The summed E-state index contributed by atoms with van der Waals surface area (Å²) in [4.78, 5) is 12.2. The first-order valence-electron chi connectivity index (χ1n) is 4.29. The van der Waals surface area contributed by atoms with Crippen LogP contribution in [0.15, 0.2) is 33.6 Å². The monoisotopic (exact) mass is 206 g/mol. The number of carbonyl (C=O) groups excluding carboxylic acids is 1. The molecule has 0 aliphatic rings. The summed E-state index contributed by atoms with van der Waals surface area (Å²) in [7, 11) is 0. The van der Waals surface area contributed by atoms with Gasteiger partial charge in [-0.15, -0.1) is 11.8 Å². The lowest BCUT2D eigenvalue weighted by atomic mass is 10.2. The minimum atomic E-state index is -0.0353. The van der Waals surface area contributed by atoms with E-state index in [0.29, 0.717) is 5.76 Å². The molecule has 0 saturated carbocycles. The van der Waals surface area contributed by atoms with E-state index in [-0.39, 0.29) is 5.78 Å². The highest BCUT2D eigenvalue weighted by Gasteiger charge is 2.07. The number of benzene rings is 1. The average Bonchev–Trinajstić information content (AvgIpc) is 2.59. The number of Topliss-reactive ketones (excluding diaryl/α,β-unsaturated/α-hetero) is 1. The Morgan fingerprint density at radius 2 is 2.14 bits per heavy atom. The van der Waals surface area contributed by atoms with Gasteiger partial charge in [0.15, 0.2) is 11.5 Å². The molecule has 3 heteroatoms. The standard InChI is InChI=1S/C11H10O2S/c1-7(12)10-5-8-3-4-9(14-2)6-11(8)13-10/h3-6H,1-2H3. The van der Waals surface area contributed by atoms with Crippen LogP contribution in [0.2, 0.25) is 0 Å². The smallest absolute Gasteiger partial charge is 0.194 e. The fourth-order valence-electron chi connectivity index (χ4n) is 1.31. The van der Waals surface area contributed by atoms with Gasteiger partial charge in [-0.25, -0.2) is 0 Å². The van der Waals surface area contributed by atoms with Crippen molar-refractivity contribution in [2.75, 3.05) is 6.26 Å². The summed E-state index contributed by atoms with van der Waals surface area (Å²) < 4.78 is 5.41. The summed E-state index contributed by atoms with van der Waals surface area (Å²) >= 11 is 1.66. The van der Waals surface area contributed by atoms with Gasteiger partial charge in [-0.1, -0.05) is 0 Å². The van der Waals surface area contributed by atoms with Gasteiger partial charge in [0.2, 0.25) is 0 Å². The van der Waals surface area contributed by atoms with Crippen LogP contribution in [-0.4, -0.2) is 12.0 Å². The average molecular weight is 206 g/mol. The van der Waals surface area contributed by atoms with Crippen LogP contribution in [0.3, 0.4) is 0 Å². The first-order chi connectivity index (χ1) is 6.70. The van der Waals surface area contributed by atoms with Gasteiger partial charge in [0.1, 0.15) is 5.58 Å². The van der Waals surface area contributed by atoms with Crippen LogP contribution in [0.25, 0.3) is 11.0 Å². The zero-order valence-corrected chi connectivity index (χ0v) is 8.85. The molecule has 0 amide bonds. The molecule has 0 radical (unpaired) electrons. The summed E-state index contributed by atoms with van der Waals surface area (Å²) in [6.07, 6.45) is 2.01. The van der Waals surface area contributed by atoms with Crippen LogP contribution >= 0.6 is 11.8 Å². The van der Waals surface area contributed by atoms with Gasteiger partial charge in [0, 0.05) is 17.2 Å². The molecule has 0 spiro atoms. The molecular formula is C11H10O2S. The van der Waals surface area contributed by atoms with Crippen LogP contribution < -0.4 is 0 Å². The van der Waals surface area contributed by atoms with Gasteiger partial charge in [-0.2, -0.15) is 0 Å². The Morgan fingerprint density at radius 1 is 1.36 bits per heavy atom. The zero-order valence-electron chi connectivity index (χ0n) is 8.03. The Kier molecular flexibility index (Phi) is 2.33. The summed E-state index contributed by atoms with van der Waals surface area (Å²) in [6.45, 7) is 1.51. The molecule has 0 atom stereocenters. The first kappa shape index (κ1) is 9.34. The van der Waals surface area contributed by atoms with E-state index in [4.69, 9.17) is 4.42 Å². The van der Waals surface area contributed by atoms with Crippen LogP contribution in [-0.2, 0) is 0 Å². The third-order valence-electron chi connectivity index (χ3n) is 2.07. The van der Waals surface area contributed by atoms with Crippen molar-refractivity contribution < 1.29 is 9.21 Å². The van der Waals surface area contributed by atoms with E-state index in [1.807, 2.05) is 24.5 Å². The van der Waals surface area contributed by atoms with Crippen molar-refractivity contribution in [3.63, 3.8) is 0 Å². The number of rotatable bonds is 2. The maximum absolute atomic E-state index is 11.1. The summed E-state index contributed by atoms with van der Waals surface area (Å²) in [5.74, 6) is 0.394. The molecule has 14 heavy (non-hydrogen) atoms. The molecule has 72 valence electrons. The fourth-order valence-corrected chi connectivity index (χ4v) is 1.74. The van der Waals surface area contributed by atoms with Crippen molar-refractivity contribution in [1.82, 2.24) is 0 Å². The minimum Gasteiger partial charge on any atom is -0.453 e. The maximum atomic E-state index is 11.1. The summed E-state index contributed by atoms with van der Waals surface area (Å²) in [5, 5.41) is 0.980. The lowest BCUT2D eigenvalue weighted by molar-refractivity contribution is 0.0989. The maximum Gasteiger partial charge on any atom is 0.194 e. The molecule has 0 aliphatic carbocycles. The van der Waals surface area contributed by atoms with E-state index in [1.165, 1.54) is 6.92 Å². The second kappa shape index (κ2) is 3.50. The van der Waals surface area contributed by atoms with Crippen molar-refractivity contribution in [1.29, 1.82) is 0 Å². The van der Waals surface area contributed by atoms with Crippen molar-refractivity contribution in [2.45, 2.75) is 11.8 Å². The molecule has 0 fully saturated rings. The minimum absolute atomic E-state index is 0.0353. The molecule has 0 aliphatic heterocycles. The van der Waals surface area contributed by atoms with E-state index in [0.717, 1.165) is 15.9 Å². The molecular weight excluding hydrogens is 196 g/mol. The van der Waals surface area contributed by atoms with Crippen molar-refractivity contribution in [3.8, 4) is 0 Å². The number of ketones is 1. The lowest BCUT2D eigenvalue weighted by Gasteiger charge is -1.93. The molecule has 0 bridgehead atoms. The summed E-state index contributed by atoms with van der Waals surface area (Å²) in [6, 6.07) is 7.72. The molecule has 2 aromatic rings. The third kappa shape index (κ3) is 1.55. The van der Waals surface area contributed by atoms with Gasteiger partial charge in [0.05, 0.1) is 0 Å². The van der Waals surface area contributed by atoms with Crippen LogP contribution in [0.4, 0.5) is 0 Å². The van der Waals surface area contributed by atoms with Crippen molar-refractivity contribution in [2.24, 2.45) is 0 Å². The van der Waals surface area contributed by atoms with Gasteiger partial charge in [-0.05, 0) is 30.5 Å². The second-order valence-corrected chi connectivity index (χ2v) is 3.95. The van der Waals surface area contributed by atoms with E-state index < -0.39 is 0 Å². The second-order valence-electron chi connectivity index (χ2n) is 3.07. The normalized spacial score (nSPS) is 10.7. The number of carbonyl (C=O) groups is 1. The summed E-state index contributed by atoms with van der Waals surface area (Å²) in [5.41, 5.74) is 0.780. The first-order valence-corrected chi connectivity index (χ1v) is 5.51. The molecule has 1 heterocycles. The largest absolute Gasteiger partial charge is 0.453 e. The third-order valence-corrected chi connectivity index (χ3v) is 2.80. The van der Waals surface area contributed by atoms with Gasteiger partial charge < -0.3 is 4.42 Å². The van der Waals surface area contributed by atoms with Crippen LogP contribution in [0, 0.1) is 0 Å². The van der Waals surface area contributed by atoms with E-state index in [2.05, 4.69) is 0 Å². The molecule has 2 nitrogen and oxygen atoms in total. The Morgan fingerprint density at radius 3 is 2.79 bits per heavy atom. The Labute approximate surface area is 86.3 Å². The Hall–Kier alpha value is -1.22. The Balaban J connectivity index is 2.60. The number of hydrogen-bond acceptors (Lipinski definition) is 3. The highest BCUT2D eigenvalue weighted by atomic mass is 32.2. The van der Waals surface area contributed by atoms with Crippen LogP contribution in [0.5, 0.6) is 0 Å². The number of fused-ring (bicyclic) bond motifs is 1. The Bertz CT molecular complexity index is 485. The predicted molar refractivity (Wildman–Crippen MR) is 58.0 cm³/mol. The number of thioether (sulfide) groups is 1. The lowest BCUT2D eigenvalue weighted by Crippen LogP contribution is -1.85. The molecule has 0 saturated heterocycles. The fraction of sp³-hybridized carbons (Fsp3) is 0.182. The zero-order chi connectivity index (χ0) is 10.1. The van der Waals surface area contributed by atoms with Gasteiger partial charge in [0.25, 0.3) is 0 Å². The molecule has 1 aromatic carbocycles. The molecule has 2 rings (SSSR count). The van der Waals surface area contributed by atoms with Crippen molar-refractivity contribution in [3.05, 3.63) is 30.0 Å². The van der Waals surface area contributed by atoms with Gasteiger partial charge >= 0.3 is 0 Å². The topological polar surface area (TPSA) is 30.2 Å².